The Balaban J connectivity index is 2.10. The van der Waals surface area contributed by atoms with Crippen molar-refractivity contribution in [2.24, 2.45) is 0 Å². The molecule has 21 heavy (non-hydrogen) atoms. The van der Waals surface area contributed by atoms with Crippen molar-refractivity contribution in [1.29, 1.82) is 0 Å². The maximum absolute atomic E-state index is 12.3. The van der Waals surface area contributed by atoms with Crippen LogP contribution in [0.4, 0.5) is 11.4 Å². The fourth-order valence-electron chi connectivity index (χ4n) is 1.92. The minimum Gasteiger partial charge on any atom is -0.494 e. The molecule has 0 unspecified atom stereocenters. The van der Waals surface area contributed by atoms with Crippen LogP contribution in [-0.4, -0.2) is 24.0 Å². The molecule has 110 valence electrons. The molecule has 0 spiro atoms. The van der Waals surface area contributed by atoms with Crippen molar-refractivity contribution in [3.05, 3.63) is 48.3 Å². The first-order valence-electron chi connectivity index (χ1n) is 6.96. The molecular formula is C16H19N3O2. The van der Waals surface area contributed by atoms with Gasteiger partial charge in [-0.2, -0.15) is 0 Å². The third kappa shape index (κ3) is 3.95. The van der Waals surface area contributed by atoms with Crippen LogP contribution < -0.4 is 15.4 Å². The lowest BCUT2D eigenvalue weighted by Gasteiger charge is -2.11. The minimum atomic E-state index is -0.191. The Hall–Kier alpha value is -2.56. The Labute approximate surface area is 124 Å². The Morgan fingerprint density at radius 2 is 1.95 bits per heavy atom. The lowest BCUT2D eigenvalue weighted by Crippen LogP contribution is -2.15. The van der Waals surface area contributed by atoms with Gasteiger partial charge in [-0.05, 0) is 44.2 Å². The number of rotatable bonds is 6. The smallest absolute Gasteiger partial charge is 0.259 e. The molecule has 0 saturated carbocycles. The average molecular weight is 285 g/mol. The first-order chi connectivity index (χ1) is 10.2. The third-order valence-electron chi connectivity index (χ3n) is 2.86. The lowest BCUT2D eigenvalue weighted by molar-refractivity contribution is 0.102. The molecule has 1 aromatic heterocycles. The van der Waals surface area contributed by atoms with Gasteiger partial charge in [-0.25, -0.2) is 0 Å². The fraction of sp³-hybridized carbons (Fsp3) is 0.250. The highest BCUT2D eigenvalue weighted by Crippen LogP contribution is 2.18. The molecule has 0 aliphatic carbocycles. The number of benzene rings is 1. The van der Waals surface area contributed by atoms with Crippen molar-refractivity contribution < 1.29 is 9.53 Å². The van der Waals surface area contributed by atoms with Gasteiger partial charge in [0.1, 0.15) is 5.75 Å². The van der Waals surface area contributed by atoms with Crippen LogP contribution in [0.2, 0.25) is 0 Å². The molecule has 0 bridgehead atoms. The van der Waals surface area contributed by atoms with Crippen molar-refractivity contribution >= 4 is 17.3 Å². The molecular weight excluding hydrogens is 266 g/mol. The maximum Gasteiger partial charge on any atom is 0.259 e. The standard InChI is InChI=1S/C16H19N3O2/c1-3-18-15-9-10-17-11-14(15)16(20)19-12-5-7-13(8-6-12)21-4-2/h5-11H,3-4H2,1-2H3,(H,17,18)(H,19,20). The Morgan fingerprint density at radius 3 is 2.62 bits per heavy atom. The first-order valence-corrected chi connectivity index (χ1v) is 6.96. The molecule has 0 aliphatic heterocycles. The van der Waals surface area contributed by atoms with Gasteiger partial charge in [0.15, 0.2) is 0 Å². The summed E-state index contributed by atoms with van der Waals surface area (Å²) >= 11 is 0. The summed E-state index contributed by atoms with van der Waals surface area (Å²) in [6, 6.07) is 9.07. The van der Waals surface area contributed by atoms with Crippen LogP contribution in [0.15, 0.2) is 42.7 Å². The van der Waals surface area contributed by atoms with Gasteiger partial charge in [-0.1, -0.05) is 0 Å². The summed E-state index contributed by atoms with van der Waals surface area (Å²) in [6.07, 6.45) is 3.22. The number of carbonyl (C=O) groups excluding carboxylic acids is 1. The molecule has 0 fully saturated rings. The largest absolute Gasteiger partial charge is 0.494 e. The summed E-state index contributed by atoms with van der Waals surface area (Å²) in [4.78, 5) is 16.3. The van der Waals surface area contributed by atoms with Gasteiger partial charge in [-0.15, -0.1) is 0 Å². The predicted octanol–water partition coefficient (Wildman–Crippen LogP) is 3.16. The zero-order valence-electron chi connectivity index (χ0n) is 12.2. The number of pyridine rings is 1. The van der Waals surface area contributed by atoms with E-state index < -0.39 is 0 Å². The van der Waals surface area contributed by atoms with E-state index in [2.05, 4.69) is 15.6 Å². The Bertz CT molecular complexity index is 597. The summed E-state index contributed by atoms with van der Waals surface area (Å²) in [5, 5.41) is 6.00. The number of carbonyl (C=O) groups is 1. The number of ether oxygens (including phenoxy) is 1. The highest BCUT2D eigenvalue weighted by atomic mass is 16.5. The van der Waals surface area contributed by atoms with Crippen molar-refractivity contribution in [3.63, 3.8) is 0 Å². The SMILES string of the molecule is CCNc1ccncc1C(=O)Nc1ccc(OCC)cc1. The minimum absolute atomic E-state index is 0.191. The van der Waals surface area contributed by atoms with E-state index in [4.69, 9.17) is 4.74 Å². The highest BCUT2D eigenvalue weighted by Gasteiger charge is 2.11. The summed E-state index contributed by atoms with van der Waals surface area (Å²) in [6.45, 7) is 5.27. The summed E-state index contributed by atoms with van der Waals surface area (Å²) in [5.74, 6) is 0.591. The van der Waals surface area contributed by atoms with E-state index in [1.807, 2.05) is 38.1 Å². The predicted molar refractivity (Wildman–Crippen MR) is 84.0 cm³/mol. The lowest BCUT2D eigenvalue weighted by atomic mass is 10.2. The van der Waals surface area contributed by atoms with Crippen molar-refractivity contribution in [2.75, 3.05) is 23.8 Å². The van der Waals surface area contributed by atoms with E-state index in [9.17, 15) is 4.79 Å². The molecule has 2 N–H and O–H groups in total. The van der Waals surface area contributed by atoms with Crippen molar-refractivity contribution in [3.8, 4) is 5.75 Å². The number of nitrogens with zero attached hydrogens (tertiary/aromatic N) is 1. The van der Waals surface area contributed by atoms with Crippen LogP contribution >= 0.6 is 0 Å². The molecule has 0 radical (unpaired) electrons. The van der Waals surface area contributed by atoms with E-state index in [-0.39, 0.29) is 5.91 Å². The fourth-order valence-corrected chi connectivity index (χ4v) is 1.92. The first kappa shape index (κ1) is 14.8. The molecule has 0 saturated heterocycles. The number of hydrogen-bond donors (Lipinski definition) is 2. The molecule has 2 aromatic rings. The Kier molecular flexibility index (Phi) is 5.15. The number of anilines is 2. The summed E-state index contributed by atoms with van der Waals surface area (Å²) in [5.41, 5.74) is 2.01. The van der Waals surface area contributed by atoms with E-state index >= 15 is 0 Å². The second-order valence-electron chi connectivity index (χ2n) is 4.36. The van der Waals surface area contributed by atoms with Gasteiger partial charge in [0.25, 0.3) is 5.91 Å². The van der Waals surface area contributed by atoms with Crippen LogP contribution in [0.25, 0.3) is 0 Å². The van der Waals surface area contributed by atoms with Crippen LogP contribution in [-0.2, 0) is 0 Å². The van der Waals surface area contributed by atoms with Crippen molar-refractivity contribution in [2.45, 2.75) is 13.8 Å². The van der Waals surface area contributed by atoms with E-state index in [0.717, 1.165) is 23.7 Å². The van der Waals surface area contributed by atoms with Crippen LogP contribution in [0, 0.1) is 0 Å². The van der Waals surface area contributed by atoms with E-state index in [0.29, 0.717) is 12.2 Å². The molecule has 5 heteroatoms. The second-order valence-corrected chi connectivity index (χ2v) is 4.36. The number of hydrogen-bond acceptors (Lipinski definition) is 4. The normalized spacial score (nSPS) is 10.0. The molecule has 2 rings (SSSR count). The molecule has 5 nitrogen and oxygen atoms in total. The zero-order chi connectivity index (χ0) is 15.1. The zero-order valence-corrected chi connectivity index (χ0v) is 12.2. The quantitative estimate of drug-likeness (QED) is 0.855. The number of nitrogens with one attached hydrogen (secondary N) is 2. The topological polar surface area (TPSA) is 63.2 Å². The monoisotopic (exact) mass is 285 g/mol. The van der Waals surface area contributed by atoms with E-state index in [1.165, 1.54) is 0 Å². The summed E-state index contributed by atoms with van der Waals surface area (Å²) < 4.78 is 5.37. The van der Waals surface area contributed by atoms with Crippen LogP contribution in [0.3, 0.4) is 0 Å². The number of aromatic nitrogens is 1. The molecule has 1 aromatic carbocycles. The van der Waals surface area contributed by atoms with E-state index in [1.54, 1.807) is 18.5 Å². The average Bonchev–Trinajstić information content (AvgIpc) is 2.50. The Morgan fingerprint density at radius 1 is 1.19 bits per heavy atom. The molecule has 1 heterocycles. The van der Waals surface area contributed by atoms with Crippen LogP contribution in [0.1, 0.15) is 24.2 Å². The van der Waals surface area contributed by atoms with Gasteiger partial charge in [0.05, 0.1) is 17.9 Å². The van der Waals surface area contributed by atoms with Gasteiger partial charge >= 0.3 is 0 Å². The van der Waals surface area contributed by atoms with Crippen LogP contribution in [0.5, 0.6) is 5.75 Å². The van der Waals surface area contributed by atoms with Gasteiger partial charge in [0.2, 0.25) is 0 Å². The highest BCUT2D eigenvalue weighted by molar-refractivity contribution is 6.07. The van der Waals surface area contributed by atoms with Gasteiger partial charge < -0.3 is 15.4 Å². The second kappa shape index (κ2) is 7.28. The maximum atomic E-state index is 12.3. The van der Waals surface area contributed by atoms with Gasteiger partial charge in [0, 0.05) is 24.6 Å². The molecule has 1 amide bonds. The summed E-state index contributed by atoms with van der Waals surface area (Å²) in [7, 11) is 0. The third-order valence-corrected chi connectivity index (χ3v) is 2.86. The van der Waals surface area contributed by atoms with Crippen molar-refractivity contribution in [1.82, 2.24) is 4.98 Å². The van der Waals surface area contributed by atoms with Gasteiger partial charge in [-0.3, -0.25) is 9.78 Å². The number of amides is 1. The molecule has 0 aliphatic rings. The molecule has 0 atom stereocenters.